The van der Waals surface area contributed by atoms with E-state index in [1.807, 2.05) is 23.0 Å². The van der Waals surface area contributed by atoms with Crippen molar-refractivity contribution >= 4 is 23.4 Å². The molecule has 0 bridgehead atoms. The second kappa shape index (κ2) is 8.34. The van der Waals surface area contributed by atoms with Crippen LogP contribution in [0.3, 0.4) is 0 Å². The molecule has 4 rings (SSSR count). The number of hydrogen-bond donors (Lipinski definition) is 2. The van der Waals surface area contributed by atoms with Crippen LogP contribution in [-0.2, 0) is 4.74 Å². The van der Waals surface area contributed by atoms with Gasteiger partial charge in [0.1, 0.15) is 12.4 Å². The van der Waals surface area contributed by atoms with Gasteiger partial charge in [0.15, 0.2) is 17.5 Å². The van der Waals surface area contributed by atoms with Gasteiger partial charge < -0.3 is 24.8 Å². The molecule has 1 saturated heterocycles. The SMILES string of the molecule is COCCNc1cc(F)c(N2CCN(C3=NC4=CN(C)CN4C(=O)N3)CC2)c(F)c1. The van der Waals surface area contributed by atoms with Crippen LogP contribution in [0.5, 0.6) is 0 Å². The maximum atomic E-state index is 14.6. The van der Waals surface area contributed by atoms with Crippen LogP contribution >= 0.6 is 0 Å². The molecule has 9 nitrogen and oxygen atoms in total. The average Bonchev–Trinajstić information content (AvgIpc) is 3.09. The Hall–Kier alpha value is -3.08. The summed E-state index contributed by atoms with van der Waals surface area (Å²) in [7, 11) is 3.43. The van der Waals surface area contributed by atoms with Crippen molar-refractivity contribution in [1.29, 1.82) is 0 Å². The van der Waals surface area contributed by atoms with E-state index >= 15 is 0 Å². The number of guanidine groups is 1. The molecule has 30 heavy (non-hydrogen) atoms. The molecule has 1 aromatic rings. The van der Waals surface area contributed by atoms with Crippen LogP contribution in [0.4, 0.5) is 25.0 Å². The van der Waals surface area contributed by atoms with Crippen molar-refractivity contribution in [3.8, 4) is 0 Å². The summed E-state index contributed by atoms with van der Waals surface area (Å²) in [5.74, 6) is -0.161. The third kappa shape index (κ3) is 3.97. The third-order valence-corrected chi connectivity index (χ3v) is 5.21. The molecular weight excluding hydrogens is 396 g/mol. The van der Waals surface area contributed by atoms with Crippen LogP contribution in [0.1, 0.15) is 0 Å². The number of hydrogen-bond acceptors (Lipinski definition) is 7. The number of halogens is 2. The fourth-order valence-corrected chi connectivity index (χ4v) is 3.72. The van der Waals surface area contributed by atoms with Crippen LogP contribution in [-0.4, -0.2) is 86.8 Å². The summed E-state index contributed by atoms with van der Waals surface area (Å²) in [6.45, 7) is 3.14. The van der Waals surface area contributed by atoms with E-state index in [9.17, 15) is 13.6 Å². The average molecular weight is 421 g/mol. The number of aliphatic imine (C=N–C) groups is 1. The van der Waals surface area contributed by atoms with Crippen LogP contribution in [0, 0.1) is 11.6 Å². The standard InChI is InChI=1S/C19H25F2N7O2/c1-25-11-16-23-18(24-19(29)28(16)12-25)27-6-4-26(5-7-27)17-14(20)9-13(10-15(17)21)22-3-8-30-2/h9-11,22H,3-8,12H2,1-2H3,(H,23,24,29). The number of carbonyl (C=O) groups excluding carboxylic acids is 1. The van der Waals surface area contributed by atoms with Gasteiger partial charge in [-0.25, -0.2) is 13.6 Å². The summed E-state index contributed by atoms with van der Waals surface area (Å²) in [4.78, 5) is 23.8. The van der Waals surface area contributed by atoms with Crippen LogP contribution < -0.4 is 15.5 Å². The van der Waals surface area contributed by atoms with Gasteiger partial charge in [-0.2, -0.15) is 4.99 Å². The first-order valence-corrected chi connectivity index (χ1v) is 9.77. The molecule has 1 aromatic carbocycles. The quantitative estimate of drug-likeness (QED) is 0.697. The minimum absolute atomic E-state index is 0.0344. The highest BCUT2D eigenvalue weighted by molar-refractivity contribution is 5.99. The summed E-state index contributed by atoms with van der Waals surface area (Å²) in [6.07, 6.45) is 1.81. The molecule has 0 aliphatic carbocycles. The Bertz CT molecular complexity index is 861. The maximum Gasteiger partial charge on any atom is 0.331 e. The largest absolute Gasteiger partial charge is 0.383 e. The fourth-order valence-electron chi connectivity index (χ4n) is 3.72. The molecule has 162 valence electrons. The van der Waals surface area contributed by atoms with Crippen molar-refractivity contribution in [2.24, 2.45) is 4.99 Å². The Balaban J connectivity index is 1.42. The van der Waals surface area contributed by atoms with E-state index in [4.69, 9.17) is 4.74 Å². The summed E-state index contributed by atoms with van der Waals surface area (Å²) in [5, 5.41) is 5.73. The topological polar surface area (TPSA) is 75.7 Å². The third-order valence-electron chi connectivity index (χ3n) is 5.21. The molecule has 0 spiro atoms. The van der Waals surface area contributed by atoms with E-state index < -0.39 is 11.6 Å². The Kier molecular flexibility index (Phi) is 5.62. The van der Waals surface area contributed by atoms with Crippen molar-refractivity contribution in [1.82, 2.24) is 20.0 Å². The molecule has 2 N–H and O–H groups in total. The number of anilines is 2. The highest BCUT2D eigenvalue weighted by Crippen LogP contribution is 2.28. The normalized spacial score (nSPS) is 18.9. The molecule has 0 atom stereocenters. The Morgan fingerprint density at radius 2 is 1.83 bits per heavy atom. The number of nitrogens with one attached hydrogen (secondary N) is 2. The molecule has 2 amide bonds. The predicted octanol–water partition coefficient (Wildman–Crippen LogP) is 1.23. The fraction of sp³-hybridized carbons (Fsp3) is 0.474. The molecule has 3 heterocycles. The molecule has 3 aliphatic rings. The maximum absolute atomic E-state index is 14.6. The van der Waals surface area contributed by atoms with Crippen LogP contribution in [0.15, 0.2) is 29.1 Å². The van der Waals surface area contributed by atoms with E-state index in [1.165, 1.54) is 12.1 Å². The van der Waals surface area contributed by atoms with Gasteiger partial charge in [-0.15, -0.1) is 0 Å². The van der Waals surface area contributed by atoms with Crippen LogP contribution in [0.2, 0.25) is 0 Å². The summed E-state index contributed by atoms with van der Waals surface area (Å²) >= 11 is 0. The van der Waals surface area contributed by atoms with Gasteiger partial charge in [-0.1, -0.05) is 0 Å². The molecule has 0 saturated carbocycles. The van der Waals surface area contributed by atoms with Gasteiger partial charge in [0, 0.05) is 58.8 Å². The van der Waals surface area contributed by atoms with Gasteiger partial charge in [-0.3, -0.25) is 10.2 Å². The minimum Gasteiger partial charge on any atom is -0.383 e. The number of ether oxygens (including phenoxy) is 1. The number of amides is 2. The molecule has 0 radical (unpaired) electrons. The zero-order valence-corrected chi connectivity index (χ0v) is 17.0. The van der Waals surface area contributed by atoms with Crippen molar-refractivity contribution in [2.45, 2.75) is 0 Å². The van der Waals surface area contributed by atoms with Crippen molar-refractivity contribution in [3.05, 3.63) is 35.8 Å². The van der Waals surface area contributed by atoms with Gasteiger partial charge in [-0.05, 0) is 12.1 Å². The Morgan fingerprint density at radius 3 is 2.50 bits per heavy atom. The summed E-state index contributed by atoms with van der Waals surface area (Å²) in [5.41, 5.74) is 0.343. The molecule has 3 aliphatic heterocycles. The van der Waals surface area contributed by atoms with E-state index in [-0.39, 0.29) is 11.7 Å². The monoisotopic (exact) mass is 421 g/mol. The second-order valence-corrected chi connectivity index (χ2v) is 7.36. The molecule has 11 heteroatoms. The van der Waals surface area contributed by atoms with Crippen molar-refractivity contribution in [3.63, 3.8) is 0 Å². The Labute approximate surface area is 173 Å². The van der Waals surface area contributed by atoms with Gasteiger partial charge in [0.05, 0.1) is 6.61 Å². The molecular formula is C19H25F2N7O2. The highest BCUT2D eigenvalue weighted by Gasteiger charge is 2.33. The van der Waals surface area contributed by atoms with Gasteiger partial charge in [0.2, 0.25) is 5.96 Å². The smallest absolute Gasteiger partial charge is 0.331 e. The number of carbonyl (C=O) groups is 1. The van der Waals surface area contributed by atoms with Crippen LogP contribution in [0.25, 0.3) is 0 Å². The first-order valence-electron chi connectivity index (χ1n) is 9.77. The number of methoxy groups -OCH3 is 1. The first-order chi connectivity index (χ1) is 14.5. The van der Waals surface area contributed by atoms with E-state index in [0.717, 1.165) is 0 Å². The highest BCUT2D eigenvalue weighted by atomic mass is 19.1. The van der Waals surface area contributed by atoms with Gasteiger partial charge in [0.25, 0.3) is 0 Å². The lowest BCUT2D eigenvalue weighted by atomic mass is 10.2. The number of nitrogens with zero attached hydrogens (tertiary/aromatic N) is 5. The van der Waals surface area contributed by atoms with E-state index in [1.54, 1.807) is 16.9 Å². The lowest BCUT2D eigenvalue weighted by Gasteiger charge is -2.39. The zero-order valence-electron chi connectivity index (χ0n) is 17.0. The number of benzene rings is 1. The molecule has 0 aromatic heterocycles. The Morgan fingerprint density at radius 1 is 1.17 bits per heavy atom. The van der Waals surface area contributed by atoms with E-state index in [0.29, 0.717) is 63.5 Å². The van der Waals surface area contributed by atoms with Crippen molar-refractivity contribution in [2.75, 3.05) is 70.4 Å². The first kappa shape index (κ1) is 20.2. The van der Waals surface area contributed by atoms with Gasteiger partial charge >= 0.3 is 6.03 Å². The molecule has 0 unspecified atom stereocenters. The predicted molar refractivity (Wildman–Crippen MR) is 109 cm³/mol. The van der Waals surface area contributed by atoms with Crippen molar-refractivity contribution < 1.29 is 18.3 Å². The number of rotatable bonds is 5. The minimum atomic E-state index is -0.610. The number of piperazine rings is 1. The zero-order chi connectivity index (χ0) is 21.3. The summed E-state index contributed by atoms with van der Waals surface area (Å²) < 4.78 is 34.2. The number of urea groups is 1. The summed E-state index contributed by atoms with van der Waals surface area (Å²) in [6, 6.07) is 2.36. The number of fused-ring (bicyclic) bond motifs is 1. The second-order valence-electron chi connectivity index (χ2n) is 7.36. The molecule has 1 fully saturated rings. The van der Waals surface area contributed by atoms with E-state index in [2.05, 4.69) is 15.6 Å². The lowest BCUT2D eigenvalue weighted by Crippen LogP contribution is -2.57. The lowest BCUT2D eigenvalue weighted by molar-refractivity contribution is 0.203.